The first-order valence-corrected chi connectivity index (χ1v) is 13.9. The average molecular weight is 617 g/mol. The number of esters is 1. The Morgan fingerprint density at radius 1 is 1.12 bits per heavy atom. The molecule has 42 heavy (non-hydrogen) atoms. The maximum Gasteiger partial charge on any atom is 0.357 e. The number of aromatic amines is 1. The second-order valence-electron chi connectivity index (χ2n) is 8.97. The average Bonchev–Trinajstić information content (AvgIpc) is 3.57. The standard InChI is InChI=1S/C28H29ClN4O8S/c1-16(41-14-17-4-8-19(29)9-5-17)23(24(34)32-27-30-21(15-42-27)26(36)39-3)33-25(35)22(31-28(33)37)18-6-10-20(11-7-18)40-13-12-38-2/h4-11,15-16,23,35H,12-14H2,1-3H3,(H,31,37)(H,30,32,34)/t16-,23+/m1/s1. The van der Waals surface area contributed by atoms with Crippen LogP contribution >= 0.6 is 22.9 Å². The Morgan fingerprint density at radius 3 is 2.50 bits per heavy atom. The van der Waals surface area contributed by atoms with Crippen molar-refractivity contribution in [3.05, 3.63) is 80.7 Å². The van der Waals surface area contributed by atoms with Gasteiger partial charge in [0.05, 0.1) is 26.4 Å². The van der Waals surface area contributed by atoms with E-state index in [0.717, 1.165) is 21.5 Å². The van der Waals surface area contributed by atoms with Crippen LogP contribution < -0.4 is 15.7 Å². The molecule has 2 heterocycles. The number of aromatic hydroxyl groups is 1. The number of rotatable bonds is 13. The highest BCUT2D eigenvalue weighted by Crippen LogP contribution is 2.32. The minimum Gasteiger partial charge on any atom is -0.493 e. The lowest BCUT2D eigenvalue weighted by atomic mass is 10.1. The normalized spacial score (nSPS) is 12.5. The molecule has 14 heteroatoms. The van der Waals surface area contributed by atoms with Crippen LogP contribution in [-0.2, 0) is 25.6 Å². The van der Waals surface area contributed by atoms with Gasteiger partial charge in [0.15, 0.2) is 10.8 Å². The highest BCUT2D eigenvalue weighted by molar-refractivity contribution is 7.14. The Balaban J connectivity index is 1.63. The molecule has 3 N–H and O–H groups in total. The summed E-state index contributed by atoms with van der Waals surface area (Å²) < 4.78 is 22.1. The second-order valence-corrected chi connectivity index (χ2v) is 10.3. The number of hydrogen-bond donors (Lipinski definition) is 3. The molecule has 0 bridgehead atoms. The number of benzene rings is 2. The third kappa shape index (κ3) is 7.36. The van der Waals surface area contributed by atoms with Gasteiger partial charge in [-0.15, -0.1) is 11.3 Å². The Kier molecular flexibility index (Phi) is 10.4. The molecule has 0 fully saturated rings. The van der Waals surface area contributed by atoms with Crippen LogP contribution in [0.5, 0.6) is 11.6 Å². The minimum atomic E-state index is -1.34. The number of thiazole rings is 1. The summed E-state index contributed by atoms with van der Waals surface area (Å²) in [5.74, 6) is -1.26. The summed E-state index contributed by atoms with van der Waals surface area (Å²) in [7, 11) is 2.79. The Bertz CT molecular complexity index is 1570. The molecule has 0 aliphatic rings. The fourth-order valence-corrected chi connectivity index (χ4v) is 4.82. The van der Waals surface area contributed by atoms with Gasteiger partial charge in [-0.05, 0) is 48.9 Å². The van der Waals surface area contributed by atoms with E-state index in [9.17, 15) is 19.5 Å². The predicted octanol–water partition coefficient (Wildman–Crippen LogP) is 4.26. The van der Waals surface area contributed by atoms with Crippen LogP contribution in [0.4, 0.5) is 5.13 Å². The SMILES string of the molecule is COCCOc1ccc(-c2[nH]c(=O)n([C@H](C(=O)Nc3nc(C(=O)OC)cs3)[C@@H](C)OCc3ccc(Cl)cc3)c2O)cc1. The predicted molar refractivity (Wildman–Crippen MR) is 156 cm³/mol. The van der Waals surface area contributed by atoms with Crippen molar-refractivity contribution in [1.82, 2.24) is 14.5 Å². The van der Waals surface area contributed by atoms with Crippen molar-refractivity contribution in [1.29, 1.82) is 0 Å². The topological polar surface area (TPSA) is 154 Å². The van der Waals surface area contributed by atoms with E-state index in [-0.39, 0.29) is 23.1 Å². The smallest absolute Gasteiger partial charge is 0.357 e. The molecule has 0 aliphatic heterocycles. The van der Waals surface area contributed by atoms with Gasteiger partial charge in [-0.1, -0.05) is 23.7 Å². The summed E-state index contributed by atoms with van der Waals surface area (Å²) in [5.41, 5.74) is 0.652. The number of imidazole rings is 1. The van der Waals surface area contributed by atoms with E-state index in [0.29, 0.717) is 29.5 Å². The summed E-state index contributed by atoms with van der Waals surface area (Å²) in [6.07, 6.45) is -0.912. The first-order chi connectivity index (χ1) is 20.2. The molecule has 0 radical (unpaired) electrons. The summed E-state index contributed by atoms with van der Waals surface area (Å²) in [5, 5.41) is 15.9. The zero-order valence-electron chi connectivity index (χ0n) is 23.0. The number of nitrogens with one attached hydrogen (secondary N) is 2. The molecule has 4 rings (SSSR count). The van der Waals surface area contributed by atoms with Crippen molar-refractivity contribution < 1.29 is 33.6 Å². The number of halogens is 1. The maximum absolute atomic E-state index is 13.6. The first-order valence-electron chi connectivity index (χ1n) is 12.7. The van der Waals surface area contributed by atoms with Crippen molar-refractivity contribution in [2.75, 3.05) is 32.8 Å². The van der Waals surface area contributed by atoms with E-state index >= 15 is 0 Å². The molecular weight excluding hydrogens is 588 g/mol. The second kappa shape index (κ2) is 14.1. The summed E-state index contributed by atoms with van der Waals surface area (Å²) >= 11 is 6.97. The molecule has 2 aromatic heterocycles. The molecule has 12 nitrogen and oxygen atoms in total. The van der Waals surface area contributed by atoms with Gasteiger partial charge in [-0.3, -0.25) is 4.79 Å². The van der Waals surface area contributed by atoms with Gasteiger partial charge in [0.25, 0.3) is 5.91 Å². The van der Waals surface area contributed by atoms with Crippen LogP contribution in [0.3, 0.4) is 0 Å². The minimum absolute atomic E-state index is 0.0139. The molecule has 4 aromatic rings. The fourth-order valence-electron chi connectivity index (χ4n) is 4.01. The van der Waals surface area contributed by atoms with E-state index in [1.807, 2.05) is 0 Å². The number of carbonyl (C=O) groups excluding carboxylic acids is 2. The zero-order valence-corrected chi connectivity index (χ0v) is 24.5. The molecule has 0 spiro atoms. The number of amides is 1. The number of hydrogen-bond acceptors (Lipinski definition) is 10. The van der Waals surface area contributed by atoms with E-state index < -0.39 is 35.6 Å². The van der Waals surface area contributed by atoms with Crippen LogP contribution in [0, 0.1) is 0 Å². The molecule has 222 valence electrons. The zero-order chi connectivity index (χ0) is 30.2. The maximum atomic E-state index is 13.6. The van der Waals surface area contributed by atoms with Crippen LogP contribution in [0.25, 0.3) is 11.3 Å². The van der Waals surface area contributed by atoms with Gasteiger partial charge in [-0.25, -0.2) is 19.1 Å². The Hall–Kier alpha value is -4.17. The lowest BCUT2D eigenvalue weighted by Crippen LogP contribution is -2.39. The Labute approximate surface area is 249 Å². The number of H-pyrrole nitrogens is 1. The van der Waals surface area contributed by atoms with E-state index in [1.54, 1.807) is 62.6 Å². The van der Waals surface area contributed by atoms with Crippen LogP contribution in [0.15, 0.2) is 58.7 Å². The number of anilines is 1. The number of nitrogens with zero attached hydrogens (tertiary/aromatic N) is 2. The van der Waals surface area contributed by atoms with Gasteiger partial charge < -0.3 is 34.4 Å². The van der Waals surface area contributed by atoms with Gasteiger partial charge in [0.2, 0.25) is 5.88 Å². The highest BCUT2D eigenvalue weighted by atomic mass is 35.5. The number of ether oxygens (including phenoxy) is 4. The lowest BCUT2D eigenvalue weighted by molar-refractivity contribution is -0.124. The molecule has 0 saturated heterocycles. The largest absolute Gasteiger partial charge is 0.493 e. The highest BCUT2D eigenvalue weighted by Gasteiger charge is 2.34. The van der Waals surface area contributed by atoms with Gasteiger partial charge in [0.1, 0.15) is 24.1 Å². The van der Waals surface area contributed by atoms with Crippen LogP contribution in [0.1, 0.15) is 29.0 Å². The molecule has 0 aliphatic carbocycles. The van der Waals surface area contributed by atoms with Gasteiger partial charge >= 0.3 is 11.7 Å². The van der Waals surface area contributed by atoms with Crippen molar-refractivity contribution in [3.8, 4) is 22.9 Å². The van der Waals surface area contributed by atoms with Crippen LogP contribution in [0.2, 0.25) is 5.02 Å². The molecule has 2 aromatic carbocycles. The van der Waals surface area contributed by atoms with Crippen LogP contribution in [-0.4, -0.2) is 65.1 Å². The molecular formula is C28H29ClN4O8S. The monoisotopic (exact) mass is 616 g/mol. The molecule has 2 atom stereocenters. The Morgan fingerprint density at radius 2 is 1.83 bits per heavy atom. The third-order valence-corrected chi connectivity index (χ3v) is 7.16. The van der Waals surface area contributed by atoms with Crippen molar-refractivity contribution in [2.45, 2.75) is 25.7 Å². The molecule has 0 saturated carbocycles. The van der Waals surface area contributed by atoms with E-state index in [1.165, 1.54) is 12.5 Å². The third-order valence-electron chi connectivity index (χ3n) is 6.15. The number of methoxy groups -OCH3 is 2. The first kappa shape index (κ1) is 30.8. The van der Waals surface area contributed by atoms with E-state index in [2.05, 4.69) is 20.0 Å². The van der Waals surface area contributed by atoms with Crippen molar-refractivity contribution >= 4 is 39.9 Å². The van der Waals surface area contributed by atoms with Crippen molar-refractivity contribution in [2.24, 2.45) is 0 Å². The summed E-state index contributed by atoms with van der Waals surface area (Å²) in [6.45, 7) is 2.49. The number of carbonyl (C=O) groups is 2. The van der Waals surface area contributed by atoms with E-state index in [4.69, 9.17) is 25.8 Å². The number of aromatic nitrogens is 3. The fraction of sp³-hybridized carbons (Fsp3) is 0.286. The molecule has 0 unspecified atom stereocenters. The van der Waals surface area contributed by atoms with Gasteiger partial charge in [0, 0.05) is 23.1 Å². The molecule has 1 amide bonds. The van der Waals surface area contributed by atoms with Crippen molar-refractivity contribution in [3.63, 3.8) is 0 Å². The summed E-state index contributed by atoms with van der Waals surface area (Å²) in [6, 6.07) is 12.3. The lowest BCUT2D eigenvalue weighted by Gasteiger charge is -2.24. The van der Waals surface area contributed by atoms with Gasteiger partial charge in [-0.2, -0.15) is 0 Å². The quantitative estimate of drug-likeness (QED) is 0.148. The summed E-state index contributed by atoms with van der Waals surface area (Å²) in [4.78, 5) is 45.3.